The minimum absolute atomic E-state index is 0.0455. The second-order valence-corrected chi connectivity index (χ2v) is 7.90. The van der Waals surface area contributed by atoms with Crippen molar-refractivity contribution in [3.05, 3.63) is 83.8 Å². The van der Waals surface area contributed by atoms with E-state index in [1.54, 1.807) is 24.3 Å². The van der Waals surface area contributed by atoms with Crippen LogP contribution in [0.1, 0.15) is 27.9 Å². The molecule has 178 valence electrons. The number of anilines is 2. The van der Waals surface area contributed by atoms with Crippen molar-refractivity contribution in [2.24, 2.45) is 0 Å². The zero-order valence-electron chi connectivity index (χ0n) is 17.9. The number of hydrogen-bond acceptors (Lipinski definition) is 5. The number of halogens is 3. The Morgan fingerprint density at radius 1 is 1.03 bits per heavy atom. The van der Waals surface area contributed by atoms with Crippen molar-refractivity contribution in [2.75, 3.05) is 18.5 Å². The highest BCUT2D eigenvalue weighted by molar-refractivity contribution is 5.99. The van der Waals surface area contributed by atoms with Crippen molar-refractivity contribution < 1.29 is 31.9 Å². The van der Waals surface area contributed by atoms with Crippen molar-refractivity contribution in [2.45, 2.75) is 24.7 Å². The minimum atomic E-state index is -4.47. The first-order valence-electron chi connectivity index (χ1n) is 10.5. The molecule has 1 saturated heterocycles. The van der Waals surface area contributed by atoms with E-state index < -0.39 is 23.2 Å². The van der Waals surface area contributed by atoms with Crippen LogP contribution in [0.3, 0.4) is 0 Å². The topological polar surface area (TPSA) is 92.6 Å². The summed E-state index contributed by atoms with van der Waals surface area (Å²) in [4.78, 5) is 25.4. The van der Waals surface area contributed by atoms with E-state index in [9.17, 15) is 22.8 Å². The minimum Gasteiger partial charge on any atom is -0.472 e. The molecule has 0 saturated carbocycles. The fourth-order valence-corrected chi connectivity index (χ4v) is 3.63. The second kappa shape index (κ2) is 9.60. The summed E-state index contributed by atoms with van der Waals surface area (Å²) in [5.74, 6) is -0.827. The van der Waals surface area contributed by atoms with Gasteiger partial charge in [0, 0.05) is 25.3 Å². The molecule has 3 N–H and O–H groups in total. The standard InChI is InChI=1S/C24H22F3N3O4/c25-24(26,27)19-3-1-2-4-20(19)29-18-7-5-16(6-8-18)13-28-22(32)23(10-12-34-15-23)30-21(31)17-9-11-33-14-17/h1-9,11,14,29H,10,12-13,15H2,(H,28,32)(H,30,31). The Morgan fingerprint density at radius 2 is 1.79 bits per heavy atom. The van der Waals surface area contributed by atoms with Crippen LogP contribution in [-0.2, 0) is 22.3 Å². The number of hydrogen-bond donors (Lipinski definition) is 3. The van der Waals surface area contributed by atoms with E-state index in [2.05, 4.69) is 16.0 Å². The third-order valence-corrected chi connectivity index (χ3v) is 5.51. The first-order valence-corrected chi connectivity index (χ1v) is 10.5. The summed E-state index contributed by atoms with van der Waals surface area (Å²) in [5.41, 5.74) is -0.496. The van der Waals surface area contributed by atoms with Crippen LogP contribution in [0.2, 0.25) is 0 Å². The fraction of sp³-hybridized carbons (Fsp3) is 0.250. The van der Waals surface area contributed by atoms with E-state index in [1.807, 2.05) is 0 Å². The summed E-state index contributed by atoms with van der Waals surface area (Å²) in [6, 6.07) is 13.4. The highest BCUT2D eigenvalue weighted by Crippen LogP contribution is 2.35. The molecule has 0 spiro atoms. The molecule has 3 aromatic rings. The van der Waals surface area contributed by atoms with E-state index in [4.69, 9.17) is 9.15 Å². The van der Waals surface area contributed by atoms with Crippen LogP contribution >= 0.6 is 0 Å². The third kappa shape index (κ3) is 5.23. The predicted molar refractivity (Wildman–Crippen MR) is 117 cm³/mol. The van der Waals surface area contributed by atoms with Crippen LogP contribution in [0.15, 0.2) is 71.5 Å². The maximum absolute atomic E-state index is 13.2. The summed E-state index contributed by atoms with van der Waals surface area (Å²) in [5, 5.41) is 8.33. The summed E-state index contributed by atoms with van der Waals surface area (Å²) < 4.78 is 49.9. The molecule has 10 heteroatoms. The highest BCUT2D eigenvalue weighted by Gasteiger charge is 2.43. The van der Waals surface area contributed by atoms with Gasteiger partial charge in [-0.3, -0.25) is 9.59 Å². The Kier molecular flexibility index (Phi) is 6.60. The fourth-order valence-electron chi connectivity index (χ4n) is 3.63. The molecule has 1 aromatic heterocycles. The van der Waals surface area contributed by atoms with E-state index in [1.165, 1.54) is 36.8 Å². The largest absolute Gasteiger partial charge is 0.472 e. The van der Waals surface area contributed by atoms with Crippen molar-refractivity contribution in [3.63, 3.8) is 0 Å². The van der Waals surface area contributed by atoms with Crippen LogP contribution in [0.4, 0.5) is 24.5 Å². The number of furan rings is 1. The molecule has 1 aliphatic rings. The number of carbonyl (C=O) groups excluding carboxylic acids is 2. The van der Waals surface area contributed by atoms with Crippen molar-refractivity contribution in [3.8, 4) is 0 Å². The van der Waals surface area contributed by atoms with Gasteiger partial charge in [0.1, 0.15) is 11.8 Å². The number of ether oxygens (including phenoxy) is 1. The Labute approximate surface area is 193 Å². The monoisotopic (exact) mass is 473 g/mol. The van der Waals surface area contributed by atoms with Gasteiger partial charge in [-0.25, -0.2) is 0 Å². The summed E-state index contributed by atoms with van der Waals surface area (Å²) in [7, 11) is 0. The Hall–Kier alpha value is -3.79. The molecule has 2 aromatic carbocycles. The van der Waals surface area contributed by atoms with Gasteiger partial charge >= 0.3 is 6.18 Å². The Bertz CT molecular complexity index is 1140. The summed E-state index contributed by atoms with van der Waals surface area (Å²) in [6.07, 6.45) is -1.49. The predicted octanol–water partition coefficient (Wildman–Crippen LogP) is 4.25. The van der Waals surface area contributed by atoms with Crippen molar-refractivity contribution >= 4 is 23.2 Å². The zero-order valence-corrected chi connectivity index (χ0v) is 17.9. The molecule has 1 atom stereocenters. The number of amides is 2. The van der Waals surface area contributed by atoms with E-state index >= 15 is 0 Å². The molecule has 2 amide bonds. The molecule has 1 unspecified atom stereocenters. The molecule has 0 aliphatic carbocycles. The molecular weight excluding hydrogens is 451 g/mol. The van der Waals surface area contributed by atoms with Gasteiger partial charge in [0.25, 0.3) is 5.91 Å². The highest BCUT2D eigenvalue weighted by atomic mass is 19.4. The van der Waals surface area contributed by atoms with Crippen molar-refractivity contribution in [1.29, 1.82) is 0 Å². The van der Waals surface area contributed by atoms with Gasteiger partial charge in [-0.2, -0.15) is 13.2 Å². The molecule has 4 rings (SSSR count). The normalized spacial score (nSPS) is 17.9. The number of para-hydroxylation sites is 1. The molecule has 1 aliphatic heterocycles. The molecule has 2 heterocycles. The smallest absolute Gasteiger partial charge is 0.418 e. The van der Waals surface area contributed by atoms with Crippen molar-refractivity contribution in [1.82, 2.24) is 10.6 Å². The van der Waals surface area contributed by atoms with Gasteiger partial charge in [-0.1, -0.05) is 24.3 Å². The molecule has 0 bridgehead atoms. The summed E-state index contributed by atoms with van der Waals surface area (Å²) in [6.45, 7) is 0.546. The van der Waals surface area contributed by atoms with Gasteiger partial charge in [0.05, 0.1) is 29.7 Å². The maximum Gasteiger partial charge on any atom is 0.418 e. The number of nitrogens with one attached hydrogen (secondary N) is 3. The zero-order chi connectivity index (χ0) is 24.2. The van der Waals surface area contributed by atoms with Crippen LogP contribution < -0.4 is 16.0 Å². The maximum atomic E-state index is 13.2. The third-order valence-electron chi connectivity index (χ3n) is 5.51. The number of carbonyl (C=O) groups is 2. The Morgan fingerprint density at radius 3 is 2.44 bits per heavy atom. The quantitative estimate of drug-likeness (QED) is 0.477. The molecule has 0 radical (unpaired) electrons. The van der Waals surface area contributed by atoms with Gasteiger partial charge in [-0.05, 0) is 35.9 Å². The molecular formula is C24H22F3N3O4. The molecule has 1 fully saturated rings. The SMILES string of the molecule is O=C(NC1(C(=O)NCc2ccc(Nc3ccccc3C(F)(F)F)cc2)CCOC1)c1ccoc1. The number of rotatable bonds is 7. The van der Waals surface area contributed by atoms with Crippen LogP contribution in [0.25, 0.3) is 0 Å². The van der Waals surface area contributed by atoms with Gasteiger partial charge in [0.2, 0.25) is 5.91 Å². The van der Waals surface area contributed by atoms with E-state index in [0.717, 1.165) is 11.6 Å². The Balaban J connectivity index is 1.38. The van der Waals surface area contributed by atoms with Crippen LogP contribution in [0, 0.1) is 0 Å². The van der Waals surface area contributed by atoms with Gasteiger partial charge in [-0.15, -0.1) is 0 Å². The van der Waals surface area contributed by atoms with Crippen LogP contribution in [-0.4, -0.2) is 30.6 Å². The average molecular weight is 473 g/mol. The van der Waals surface area contributed by atoms with Gasteiger partial charge in [0.15, 0.2) is 0 Å². The molecule has 7 nitrogen and oxygen atoms in total. The second-order valence-electron chi connectivity index (χ2n) is 7.90. The first-order chi connectivity index (χ1) is 16.3. The number of benzene rings is 2. The summed E-state index contributed by atoms with van der Waals surface area (Å²) >= 11 is 0. The lowest BCUT2D eigenvalue weighted by Gasteiger charge is -2.27. The lowest BCUT2D eigenvalue weighted by molar-refractivity contribution is -0.137. The number of alkyl halides is 3. The lowest BCUT2D eigenvalue weighted by Crippen LogP contribution is -2.59. The van der Waals surface area contributed by atoms with E-state index in [-0.39, 0.29) is 24.7 Å². The van der Waals surface area contributed by atoms with Crippen LogP contribution in [0.5, 0.6) is 0 Å². The average Bonchev–Trinajstić information content (AvgIpc) is 3.51. The first kappa shape index (κ1) is 23.4. The lowest BCUT2D eigenvalue weighted by atomic mass is 9.96. The van der Waals surface area contributed by atoms with E-state index in [0.29, 0.717) is 24.3 Å². The van der Waals surface area contributed by atoms with Gasteiger partial charge < -0.3 is 25.1 Å². The molecule has 34 heavy (non-hydrogen) atoms.